The maximum Gasteiger partial charge on any atom is 0.336 e. The predicted molar refractivity (Wildman–Crippen MR) is 99.1 cm³/mol. The van der Waals surface area contributed by atoms with Gasteiger partial charge in [-0.05, 0) is 57.6 Å². The van der Waals surface area contributed by atoms with E-state index in [9.17, 15) is 9.90 Å². The van der Waals surface area contributed by atoms with E-state index in [2.05, 4.69) is 26.0 Å². The summed E-state index contributed by atoms with van der Waals surface area (Å²) in [7, 11) is 1.35. The monoisotopic (exact) mass is 346 g/mol. The van der Waals surface area contributed by atoms with Gasteiger partial charge in [-0.15, -0.1) is 0 Å². The Bertz CT molecular complexity index is 622. The molecule has 0 bridgehead atoms. The van der Waals surface area contributed by atoms with Crippen molar-refractivity contribution in [2.75, 3.05) is 13.7 Å². The Labute approximate surface area is 150 Å². The number of carbonyl (C=O) groups excluding carboxylic acids is 1. The number of esters is 1. The van der Waals surface area contributed by atoms with Crippen LogP contribution in [0.5, 0.6) is 0 Å². The number of hydrogen-bond donors (Lipinski definition) is 1. The lowest BCUT2D eigenvalue weighted by Gasteiger charge is -2.18. The highest BCUT2D eigenvalue weighted by molar-refractivity contribution is 5.89. The summed E-state index contributed by atoms with van der Waals surface area (Å²) >= 11 is 0. The fourth-order valence-electron chi connectivity index (χ4n) is 3.33. The first-order valence-corrected chi connectivity index (χ1v) is 9.01. The minimum Gasteiger partial charge on any atom is -0.466 e. The molecule has 0 amide bonds. The molecule has 0 saturated carbocycles. The van der Waals surface area contributed by atoms with E-state index in [0.29, 0.717) is 18.6 Å². The molecule has 0 fully saturated rings. The lowest BCUT2D eigenvalue weighted by atomic mass is 9.93. The zero-order valence-electron chi connectivity index (χ0n) is 15.8. The molecule has 2 aliphatic rings. The van der Waals surface area contributed by atoms with E-state index in [1.165, 1.54) is 18.3 Å². The van der Waals surface area contributed by atoms with Gasteiger partial charge in [0.15, 0.2) is 0 Å². The number of ether oxygens (including phenoxy) is 2. The molecule has 4 heteroatoms. The number of allylic oxidation sites excluding steroid dienone is 4. The van der Waals surface area contributed by atoms with E-state index < -0.39 is 12.1 Å². The van der Waals surface area contributed by atoms with Crippen LogP contribution >= 0.6 is 0 Å². The Morgan fingerprint density at radius 2 is 1.84 bits per heavy atom. The van der Waals surface area contributed by atoms with Gasteiger partial charge in [-0.2, -0.15) is 0 Å². The third-order valence-corrected chi connectivity index (χ3v) is 4.93. The van der Waals surface area contributed by atoms with Crippen LogP contribution in [-0.4, -0.2) is 37.0 Å². The smallest absolute Gasteiger partial charge is 0.336 e. The molecule has 2 atom stereocenters. The Balaban J connectivity index is 2.34. The molecule has 1 heterocycles. The normalized spacial score (nSPS) is 32.4. The Morgan fingerprint density at radius 3 is 2.56 bits per heavy atom. The second-order valence-corrected chi connectivity index (χ2v) is 7.05. The number of carbonyl (C=O) groups is 1. The predicted octanol–water partition coefficient (Wildman–Crippen LogP) is 4.02. The molecule has 0 unspecified atom stereocenters. The van der Waals surface area contributed by atoms with Crippen molar-refractivity contribution in [1.82, 2.24) is 0 Å². The fraction of sp³-hybridized carbons (Fsp3) is 0.571. The summed E-state index contributed by atoms with van der Waals surface area (Å²) < 4.78 is 10.7. The van der Waals surface area contributed by atoms with Crippen LogP contribution in [0.4, 0.5) is 0 Å². The number of hydrogen-bond acceptors (Lipinski definition) is 4. The maximum atomic E-state index is 12.1. The molecule has 0 aromatic rings. The first-order valence-electron chi connectivity index (χ1n) is 9.01. The van der Waals surface area contributed by atoms with Crippen LogP contribution in [0.3, 0.4) is 0 Å². The maximum absolute atomic E-state index is 12.1. The Kier molecular flexibility index (Phi) is 7.21. The first-order chi connectivity index (χ1) is 11.9. The van der Waals surface area contributed by atoms with Gasteiger partial charge in [0, 0.05) is 6.42 Å². The lowest BCUT2D eigenvalue weighted by molar-refractivity contribution is -0.137. The van der Waals surface area contributed by atoms with Crippen LogP contribution in [0.2, 0.25) is 0 Å². The van der Waals surface area contributed by atoms with Gasteiger partial charge in [0.25, 0.3) is 0 Å². The third-order valence-electron chi connectivity index (χ3n) is 4.93. The summed E-state index contributed by atoms with van der Waals surface area (Å²) in [5.41, 5.74) is 5.15. The zero-order chi connectivity index (χ0) is 18.4. The molecular weight excluding hydrogens is 316 g/mol. The van der Waals surface area contributed by atoms with Gasteiger partial charge in [-0.25, -0.2) is 4.79 Å². The van der Waals surface area contributed by atoms with Crippen LogP contribution in [0.25, 0.3) is 0 Å². The van der Waals surface area contributed by atoms with E-state index in [0.717, 1.165) is 36.8 Å². The summed E-state index contributed by atoms with van der Waals surface area (Å²) in [6.07, 6.45) is 9.25. The van der Waals surface area contributed by atoms with E-state index in [1.807, 2.05) is 13.0 Å². The number of fused-ring (bicyclic) bond motifs is 1. The van der Waals surface area contributed by atoms with Gasteiger partial charge < -0.3 is 14.6 Å². The summed E-state index contributed by atoms with van der Waals surface area (Å²) in [6, 6.07) is 0. The fourth-order valence-corrected chi connectivity index (χ4v) is 3.33. The molecule has 2 rings (SSSR count). The van der Waals surface area contributed by atoms with Crippen LogP contribution in [0.1, 0.15) is 52.9 Å². The number of aliphatic hydroxyl groups excluding tert-OH is 1. The highest BCUT2D eigenvalue weighted by Crippen LogP contribution is 2.30. The Morgan fingerprint density at radius 1 is 1.16 bits per heavy atom. The average molecular weight is 346 g/mol. The standard InChI is InChI=1S/C21H30O4/c1-14-7-5-9-15(2)11-20-18(16(3)13-25-20)12-19(22)17(10-6-8-14)21(23)24-4/h7,10-11,19-20,22H,5-6,8-9,12-13H2,1-4H3/b14-7+,15-11+,17-10-/t19-,20+/m1/s1. The summed E-state index contributed by atoms with van der Waals surface area (Å²) in [6.45, 7) is 6.84. The average Bonchev–Trinajstić information content (AvgIpc) is 2.90. The van der Waals surface area contributed by atoms with Crippen molar-refractivity contribution >= 4 is 5.97 Å². The SMILES string of the molecule is COC(=O)/C1=C\CC/C(C)=C/CC/C(C)=C/[C@@H]2OCC(C)=C2C[C@H]1O. The lowest BCUT2D eigenvalue weighted by Crippen LogP contribution is -2.22. The summed E-state index contributed by atoms with van der Waals surface area (Å²) in [5, 5.41) is 10.7. The molecule has 1 aliphatic heterocycles. The third kappa shape index (κ3) is 5.41. The quantitative estimate of drug-likeness (QED) is 0.575. The molecule has 0 saturated heterocycles. The van der Waals surface area contributed by atoms with Crippen molar-refractivity contribution in [1.29, 1.82) is 0 Å². The summed E-state index contributed by atoms with van der Waals surface area (Å²) in [5.74, 6) is -0.457. The molecule has 138 valence electrons. The molecule has 4 nitrogen and oxygen atoms in total. The van der Waals surface area contributed by atoms with Crippen LogP contribution in [0, 0.1) is 0 Å². The second-order valence-electron chi connectivity index (χ2n) is 7.05. The minimum absolute atomic E-state index is 0.110. The van der Waals surface area contributed by atoms with Gasteiger partial charge in [-0.1, -0.05) is 29.4 Å². The molecule has 1 aliphatic carbocycles. The van der Waals surface area contributed by atoms with Gasteiger partial charge in [0.1, 0.15) is 0 Å². The van der Waals surface area contributed by atoms with E-state index in [1.54, 1.807) is 0 Å². The van der Waals surface area contributed by atoms with Crippen LogP contribution < -0.4 is 0 Å². The number of methoxy groups -OCH3 is 1. The Hall–Kier alpha value is -1.65. The van der Waals surface area contributed by atoms with Gasteiger partial charge in [-0.3, -0.25) is 0 Å². The van der Waals surface area contributed by atoms with Crippen molar-refractivity contribution in [3.63, 3.8) is 0 Å². The van der Waals surface area contributed by atoms with Gasteiger partial charge >= 0.3 is 5.97 Å². The highest BCUT2D eigenvalue weighted by atomic mass is 16.5. The molecule has 0 aromatic carbocycles. The molecule has 1 N–H and O–H groups in total. The molecular formula is C21H30O4. The highest BCUT2D eigenvalue weighted by Gasteiger charge is 2.28. The molecule has 0 spiro atoms. The van der Waals surface area contributed by atoms with Crippen molar-refractivity contribution in [2.45, 2.75) is 65.1 Å². The largest absolute Gasteiger partial charge is 0.466 e. The van der Waals surface area contributed by atoms with Crippen LogP contribution in [0.15, 0.2) is 46.1 Å². The minimum atomic E-state index is -0.873. The summed E-state index contributed by atoms with van der Waals surface area (Å²) in [4.78, 5) is 12.1. The molecule has 0 aromatic heterocycles. The van der Waals surface area contributed by atoms with E-state index in [4.69, 9.17) is 9.47 Å². The first kappa shape index (κ1) is 19.7. The van der Waals surface area contributed by atoms with Crippen molar-refractivity contribution in [2.24, 2.45) is 0 Å². The van der Waals surface area contributed by atoms with E-state index >= 15 is 0 Å². The van der Waals surface area contributed by atoms with Crippen molar-refractivity contribution in [3.05, 3.63) is 46.1 Å². The topological polar surface area (TPSA) is 55.8 Å². The zero-order valence-corrected chi connectivity index (χ0v) is 15.8. The van der Waals surface area contributed by atoms with Crippen molar-refractivity contribution in [3.8, 4) is 0 Å². The van der Waals surface area contributed by atoms with Crippen LogP contribution in [-0.2, 0) is 14.3 Å². The number of rotatable bonds is 1. The van der Waals surface area contributed by atoms with Gasteiger partial charge in [0.2, 0.25) is 0 Å². The van der Waals surface area contributed by atoms with Gasteiger partial charge in [0.05, 0.1) is 31.5 Å². The van der Waals surface area contributed by atoms with Crippen molar-refractivity contribution < 1.29 is 19.4 Å². The molecule has 25 heavy (non-hydrogen) atoms. The second kappa shape index (κ2) is 9.16. The number of aliphatic hydroxyl groups is 1. The van der Waals surface area contributed by atoms with E-state index in [-0.39, 0.29) is 6.10 Å². The molecule has 0 radical (unpaired) electrons.